The van der Waals surface area contributed by atoms with Crippen molar-refractivity contribution >= 4 is 6.03 Å². The van der Waals surface area contributed by atoms with Gasteiger partial charge in [-0.25, -0.2) is 4.79 Å². The van der Waals surface area contributed by atoms with Crippen LogP contribution in [0.4, 0.5) is 13.6 Å². The number of carbonyl (C=O) groups excluding carboxylic acids is 1. The maximum absolute atomic E-state index is 12.4. The molecule has 1 aromatic carbocycles. The van der Waals surface area contributed by atoms with Gasteiger partial charge in [0.25, 0.3) is 0 Å². The van der Waals surface area contributed by atoms with Crippen molar-refractivity contribution in [3.8, 4) is 5.75 Å². The van der Waals surface area contributed by atoms with Gasteiger partial charge in [0.15, 0.2) is 0 Å². The zero-order valence-electron chi connectivity index (χ0n) is 12.7. The van der Waals surface area contributed by atoms with Crippen molar-refractivity contribution < 1.29 is 18.3 Å². The highest BCUT2D eigenvalue weighted by Gasteiger charge is 2.25. The molecule has 1 N–H and O–H groups in total. The number of nitrogens with zero attached hydrogens (tertiary/aromatic N) is 1. The van der Waals surface area contributed by atoms with Gasteiger partial charge in [-0.3, -0.25) is 0 Å². The maximum Gasteiger partial charge on any atom is 0.387 e. The minimum atomic E-state index is -2.87. The molecule has 0 aliphatic carbocycles. The molecule has 0 saturated carbocycles. The van der Waals surface area contributed by atoms with E-state index in [0.717, 1.165) is 32.2 Å². The molecule has 0 bridgehead atoms. The van der Waals surface area contributed by atoms with Crippen molar-refractivity contribution in [3.63, 3.8) is 0 Å². The van der Waals surface area contributed by atoms with E-state index in [1.807, 2.05) is 4.90 Å². The molecule has 1 unspecified atom stereocenters. The molecule has 0 spiro atoms. The fourth-order valence-corrected chi connectivity index (χ4v) is 2.83. The summed E-state index contributed by atoms with van der Waals surface area (Å²) < 4.78 is 29.2. The molecule has 1 heterocycles. The highest BCUT2D eigenvalue weighted by molar-refractivity contribution is 5.74. The summed E-state index contributed by atoms with van der Waals surface area (Å²) in [5.74, 6) is 0.100. The SMILES string of the molecule is CCC1CCCCN1C(=O)NCc1ccccc1OC(F)F. The van der Waals surface area contributed by atoms with Gasteiger partial charge in [0.2, 0.25) is 0 Å². The van der Waals surface area contributed by atoms with E-state index in [1.54, 1.807) is 18.2 Å². The van der Waals surface area contributed by atoms with Gasteiger partial charge >= 0.3 is 12.6 Å². The highest BCUT2D eigenvalue weighted by atomic mass is 19.3. The summed E-state index contributed by atoms with van der Waals surface area (Å²) >= 11 is 0. The number of hydrogen-bond donors (Lipinski definition) is 1. The van der Waals surface area contributed by atoms with Crippen LogP contribution in [-0.4, -0.2) is 30.1 Å². The van der Waals surface area contributed by atoms with E-state index >= 15 is 0 Å². The summed E-state index contributed by atoms with van der Waals surface area (Å²) in [5.41, 5.74) is 0.543. The Morgan fingerprint density at radius 3 is 2.91 bits per heavy atom. The molecule has 0 radical (unpaired) electrons. The number of hydrogen-bond acceptors (Lipinski definition) is 2. The second-order valence-electron chi connectivity index (χ2n) is 5.40. The van der Waals surface area contributed by atoms with Crippen LogP contribution in [0, 0.1) is 0 Å². The second kappa shape index (κ2) is 7.96. The lowest BCUT2D eigenvalue weighted by Gasteiger charge is -2.35. The third kappa shape index (κ3) is 4.32. The molecule has 1 saturated heterocycles. The van der Waals surface area contributed by atoms with E-state index < -0.39 is 6.61 Å². The molecule has 2 amide bonds. The first-order valence-electron chi connectivity index (χ1n) is 7.69. The van der Waals surface area contributed by atoms with Gasteiger partial charge < -0.3 is 15.0 Å². The van der Waals surface area contributed by atoms with Crippen LogP contribution >= 0.6 is 0 Å². The predicted octanol–water partition coefficient (Wildman–Crippen LogP) is 3.76. The van der Waals surface area contributed by atoms with Gasteiger partial charge in [-0.15, -0.1) is 0 Å². The van der Waals surface area contributed by atoms with Crippen LogP contribution in [0.2, 0.25) is 0 Å². The maximum atomic E-state index is 12.4. The molecule has 1 atom stereocenters. The number of ether oxygens (including phenoxy) is 1. The Bertz CT molecular complexity index is 497. The lowest BCUT2D eigenvalue weighted by molar-refractivity contribution is -0.0504. The Balaban J connectivity index is 1.96. The van der Waals surface area contributed by atoms with Crippen molar-refractivity contribution in [1.82, 2.24) is 10.2 Å². The van der Waals surface area contributed by atoms with Crippen molar-refractivity contribution in [3.05, 3.63) is 29.8 Å². The summed E-state index contributed by atoms with van der Waals surface area (Å²) in [5, 5.41) is 2.81. The van der Waals surface area contributed by atoms with Crippen molar-refractivity contribution in [1.29, 1.82) is 0 Å². The van der Waals surface area contributed by atoms with E-state index in [0.29, 0.717) is 5.56 Å². The van der Waals surface area contributed by atoms with Crippen LogP contribution in [0.3, 0.4) is 0 Å². The van der Waals surface area contributed by atoms with Crippen molar-refractivity contribution in [2.75, 3.05) is 6.54 Å². The monoisotopic (exact) mass is 312 g/mol. The first kappa shape index (κ1) is 16.5. The zero-order valence-corrected chi connectivity index (χ0v) is 12.7. The molecule has 1 fully saturated rings. The van der Waals surface area contributed by atoms with Crippen molar-refractivity contribution in [2.24, 2.45) is 0 Å². The number of halogens is 2. The number of amides is 2. The minimum Gasteiger partial charge on any atom is -0.434 e. The summed E-state index contributed by atoms with van der Waals surface area (Å²) in [4.78, 5) is 14.1. The first-order chi connectivity index (χ1) is 10.6. The number of alkyl halides is 2. The third-order valence-electron chi connectivity index (χ3n) is 3.98. The molecule has 1 aromatic rings. The van der Waals surface area contributed by atoms with Gasteiger partial charge in [0.1, 0.15) is 5.75 Å². The standard InChI is InChI=1S/C16H22F2N2O2/c1-2-13-8-5-6-10-20(13)16(21)19-11-12-7-3-4-9-14(12)22-15(17)18/h3-4,7,9,13,15H,2,5-6,8,10-11H2,1H3,(H,19,21). The minimum absolute atomic E-state index is 0.100. The number of piperidine rings is 1. The number of rotatable bonds is 5. The average molecular weight is 312 g/mol. The first-order valence-corrected chi connectivity index (χ1v) is 7.69. The lowest BCUT2D eigenvalue weighted by Crippen LogP contribution is -2.48. The molecule has 1 aliphatic rings. The van der Waals surface area contributed by atoms with Gasteiger partial charge in [-0.1, -0.05) is 25.1 Å². The number of benzene rings is 1. The van der Waals surface area contributed by atoms with Crippen LogP contribution in [0.1, 0.15) is 38.2 Å². The lowest BCUT2D eigenvalue weighted by atomic mass is 10.0. The molecule has 4 nitrogen and oxygen atoms in total. The smallest absolute Gasteiger partial charge is 0.387 e. The predicted molar refractivity (Wildman–Crippen MR) is 79.9 cm³/mol. The Hall–Kier alpha value is -1.85. The van der Waals surface area contributed by atoms with E-state index in [2.05, 4.69) is 17.0 Å². The summed E-state index contributed by atoms with van der Waals surface area (Å²) in [6, 6.07) is 6.63. The van der Waals surface area contributed by atoms with Crippen LogP contribution in [0.15, 0.2) is 24.3 Å². The fraction of sp³-hybridized carbons (Fsp3) is 0.562. The molecule has 2 rings (SSSR count). The van der Waals surface area contributed by atoms with Crippen LogP contribution in [-0.2, 0) is 6.54 Å². The number of likely N-dealkylation sites (tertiary alicyclic amines) is 1. The molecular weight excluding hydrogens is 290 g/mol. The zero-order chi connectivity index (χ0) is 15.9. The Morgan fingerprint density at radius 1 is 1.41 bits per heavy atom. The van der Waals surface area contributed by atoms with E-state index in [9.17, 15) is 13.6 Å². The van der Waals surface area contributed by atoms with Gasteiger partial charge in [0, 0.05) is 24.7 Å². The molecule has 6 heteroatoms. The Morgan fingerprint density at radius 2 is 2.18 bits per heavy atom. The number of urea groups is 1. The quantitative estimate of drug-likeness (QED) is 0.899. The van der Waals surface area contributed by atoms with Gasteiger partial charge in [-0.05, 0) is 31.7 Å². The normalized spacial score (nSPS) is 18.4. The van der Waals surface area contributed by atoms with E-state index in [4.69, 9.17) is 0 Å². The van der Waals surface area contributed by atoms with Crippen molar-refractivity contribution in [2.45, 2.75) is 51.8 Å². The fourth-order valence-electron chi connectivity index (χ4n) is 2.83. The number of nitrogens with one attached hydrogen (secondary N) is 1. The number of para-hydroxylation sites is 1. The van der Waals surface area contributed by atoms with Gasteiger partial charge in [-0.2, -0.15) is 8.78 Å². The van der Waals surface area contributed by atoms with E-state index in [-0.39, 0.29) is 24.4 Å². The average Bonchev–Trinajstić information content (AvgIpc) is 2.53. The van der Waals surface area contributed by atoms with Crippen LogP contribution < -0.4 is 10.1 Å². The molecule has 1 aliphatic heterocycles. The molecule has 22 heavy (non-hydrogen) atoms. The number of carbonyl (C=O) groups is 1. The summed E-state index contributed by atoms with van der Waals surface area (Å²) in [6.07, 6.45) is 4.11. The van der Waals surface area contributed by atoms with E-state index in [1.165, 1.54) is 6.07 Å². The van der Waals surface area contributed by atoms with Gasteiger partial charge in [0.05, 0.1) is 0 Å². The Labute approximate surface area is 129 Å². The largest absolute Gasteiger partial charge is 0.434 e. The Kier molecular flexibility index (Phi) is 5.98. The van der Waals surface area contributed by atoms with Crippen LogP contribution in [0.25, 0.3) is 0 Å². The highest BCUT2D eigenvalue weighted by Crippen LogP contribution is 2.21. The molecule has 0 aromatic heterocycles. The van der Waals surface area contributed by atoms with Crippen LogP contribution in [0.5, 0.6) is 5.75 Å². The molecule has 122 valence electrons. The third-order valence-corrected chi connectivity index (χ3v) is 3.98. The topological polar surface area (TPSA) is 41.6 Å². The summed E-state index contributed by atoms with van der Waals surface area (Å²) in [7, 11) is 0. The second-order valence-corrected chi connectivity index (χ2v) is 5.40. The molecular formula is C16H22F2N2O2. The summed E-state index contributed by atoms with van der Waals surface area (Å²) in [6.45, 7) is 0.124.